The quantitative estimate of drug-likeness (QED) is 0.415. The summed E-state index contributed by atoms with van der Waals surface area (Å²) in [4.78, 5) is 44.9. The van der Waals surface area contributed by atoms with Gasteiger partial charge in [0.15, 0.2) is 11.0 Å². The van der Waals surface area contributed by atoms with Crippen LogP contribution in [0.1, 0.15) is 27.2 Å². The summed E-state index contributed by atoms with van der Waals surface area (Å²) in [6.45, 7) is 0.194. The van der Waals surface area contributed by atoms with Crippen LogP contribution in [-0.2, 0) is 16.8 Å². The summed E-state index contributed by atoms with van der Waals surface area (Å²) < 4.78 is 11.2. The molecule has 0 bridgehead atoms. The number of hydrogen-bond donors (Lipinski definition) is 0. The van der Waals surface area contributed by atoms with Crippen LogP contribution >= 0.6 is 11.6 Å². The maximum absolute atomic E-state index is 14.1. The van der Waals surface area contributed by atoms with Gasteiger partial charge in [0.1, 0.15) is 11.3 Å². The molecular formula is C28H21ClN2O5. The lowest BCUT2D eigenvalue weighted by Crippen LogP contribution is -2.53. The van der Waals surface area contributed by atoms with Crippen molar-refractivity contribution < 1.29 is 18.7 Å². The number of halogens is 1. The van der Waals surface area contributed by atoms with Crippen molar-refractivity contribution in [2.75, 3.05) is 25.6 Å². The first-order chi connectivity index (χ1) is 17.4. The van der Waals surface area contributed by atoms with E-state index in [4.69, 9.17) is 20.8 Å². The van der Waals surface area contributed by atoms with Crippen molar-refractivity contribution >= 4 is 40.1 Å². The number of hydrogen-bond acceptors (Lipinski definition) is 5. The third-order valence-electron chi connectivity index (χ3n) is 7.11. The minimum absolute atomic E-state index is 0.0406. The van der Waals surface area contributed by atoms with Gasteiger partial charge in [-0.1, -0.05) is 41.9 Å². The third kappa shape index (κ3) is 2.89. The average Bonchev–Trinajstić information content (AvgIpc) is 3.28. The molecule has 3 heterocycles. The molecule has 0 saturated carbocycles. The van der Waals surface area contributed by atoms with Crippen LogP contribution in [-0.4, -0.2) is 37.4 Å². The molecule has 2 aliphatic rings. The Morgan fingerprint density at radius 3 is 2.50 bits per heavy atom. The van der Waals surface area contributed by atoms with Crippen molar-refractivity contribution in [3.05, 3.63) is 104 Å². The first kappa shape index (κ1) is 22.4. The number of carbonyl (C=O) groups is 2. The van der Waals surface area contributed by atoms with Gasteiger partial charge in [0.2, 0.25) is 5.76 Å². The van der Waals surface area contributed by atoms with Crippen molar-refractivity contribution in [3.63, 3.8) is 0 Å². The number of ether oxygens (including phenoxy) is 1. The SMILES string of the molecule is COc1ccc(CCN2C(=O)c3oc4ccc(Cl)cc4c(=O)c3C23C(=O)N(C)c2ccccc23)cc1. The monoisotopic (exact) mass is 500 g/mol. The van der Waals surface area contributed by atoms with Crippen LogP contribution in [0, 0.1) is 0 Å². The molecule has 180 valence electrons. The summed E-state index contributed by atoms with van der Waals surface area (Å²) in [5.74, 6) is -0.255. The predicted molar refractivity (Wildman–Crippen MR) is 136 cm³/mol. The number of likely N-dealkylation sites (N-methyl/N-ethyl adjacent to an activating group) is 1. The maximum atomic E-state index is 14.1. The van der Waals surface area contributed by atoms with Gasteiger partial charge in [0.25, 0.3) is 11.8 Å². The van der Waals surface area contributed by atoms with Crippen molar-refractivity contribution in [1.29, 1.82) is 0 Å². The number of methoxy groups -OCH3 is 1. The molecule has 0 aliphatic carbocycles. The van der Waals surface area contributed by atoms with E-state index in [-0.39, 0.29) is 34.7 Å². The second kappa shape index (κ2) is 7.96. The number of rotatable bonds is 4. The van der Waals surface area contributed by atoms with Crippen LogP contribution < -0.4 is 15.1 Å². The molecule has 36 heavy (non-hydrogen) atoms. The van der Waals surface area contributed by atoms with Crippen LogP contribution in [0.2, 0.25) is 5.02 Å². The molecule has 1 unspecified atom stereocenters. The van der Waals surface area contributed by atoms with Crippen molar-refractivity contribution in [2.24, 2.45) is 0 Å². The number of anilines is 1. The van der Waals surface area contributed by atoms with E-state index in [1.165, 1.54) is 15.9 Å². The highest BCUT2D eigenvalue weighted by Crippen LogP contribution is 2.52. The van der Waals surface area contributed by atoms with E-state index in [0.717, 1.165) is 11.3 Å². The van der Waals surface area contributed by atoms with E-state index in [0.29, 0.717) is 22.7 Å². The Hall–Kier alpha value is -4.10. The van der Waals surface area contributed by atoms with Crippen molar-refractivity contribution in [3.8, 4) is 5.75 Å². The molecular weight excluding hydrogens is 480 g/mol. The minimum Gasteiger partial charge on any atom is -0.497 e. The summed E-state index contributed by atoms with van der Waals surface area (Å²) >= 11 is 6.18. The van der Waals surface area contributed by atoms with Gasteiger partial charge in [0, 0.05) is 29.9 Å². The Kier molecular flexibility index (Phi) is 4.95. The predicted octanol–water partition coefficient (Wildman–Crippen LogP) is 4.37. The van der Waals surface area contributed by atoms with Crippen LogP contribution in [0.4, 0.5) is 5.69 Å². The normalized spacial score (nSPS) is 18.3. The molecule has 6 rings (SSSR count). The topological polar surface area (TPSA) is 80.1 Å². The molecule has 0 saturated heterocycles. The lowest BCUT2D eigenvalue weighted by molar-refractivity contribution is -0.125. The second-order valence-corrected chi connectivity index (χ2v) is 9.36. The summed E-state index contributed by atoms with van der Waals surface area (Å²) in [5.41, 5.74) is 0.401. The van der Waals surface area contributed by atoms with Crippen LogP contribution in [0.3, 0.4) is 0 Å². The first-order valence-electron chi connectivity index (χ1n) is 11.5. The number of fused-ring (bicyclic) bond motifs is 5. The fourth-order valence-corrected chi connectivity index (χ4v) is 5.57. The molecule has 1 atom stereocenters. The van der Waals surface area contributed by atoms with Crippen LogP contribution in [0.5, 0.6) is 5.75 Å². The molecule has 1 spiro atoms. The minimum atomic E-state index is -1.62. The molecule has 7 nitrogen and oxygen atoms in total. The lowest BCUT2D eigenvalue weighted by Gasteiger charge is -2.34. The van der Waals surface area contributed by atoms with Gasteiger partial charge in [0.05, 0.1) is 18.1 Å². The summed E-state index contributed by atoms with van der Waals surface area (Å²) in [7, 11) is 3.25. The van der Waals surface area contributed by atoms with E-state index in [1.807, 2.05) is 36.4 Å². The van der Waals surface area contributed by atoms with Crippen LogP contribution in [0.25, 0.3) is 11.0 Å². The Bertz CT molecular complexity index is 1630. The van der Waals surface area contributed by atoms with Gasteiger partial charge in [-0.15, -0.1) is 0 Å². The van der Waals surface area contributed by atoms with Crippen LogP contribution in [0.15, 0.2) is 75.9 Å². The van der Waals surface area contributed by atoms with Gasteiger partial charge in [-0.25, -0.2) is 0 Å². The van der Waals surface area contributed by atoms with Crippen molar-refractivity contribution in [2.45, 2.75) is 12.0 Å². The smallest absolute Gasteiger partial charge is 0.291 e. The standard InChI is InChI=1S/C28H21ClN2O5/c1-30-21-6-4-3-5-20(21)28(27(30)34)23-24(32)19-15-17(29)9-12-22(19)36-25(23)26(33)31(28)14-13-16-7-10-18(35-2)11-8-16/h3-12,15H,13-14H2,1-2H3. The maximum Gasteiger partial charge on any atom is 0.291 e. The third-order valence-corrected chi connectivity index (χ3v) is 7.35. The molecule has 8 heteroatoms. The van der Waals surface area contributed by atoms with Gasteiger partial charge in [-0.3, -0.25) is 14.4 Å². The van der Waals surface area contributed by atoms with E-state index in [2.05, 4.69) is 0 Å². The number of nitrogens with zero attached hydrogens (tertiary/aromatic N) is 2. The highest BCUT2D eigenvalue weighted by atomic mass is 35.5. The second-order valence-electron chi connectivity index (χ2n) is 8.92. The molecule has 0 N–H and O–H groups in total. The summed E-state index contributed by atoms with van der Waals surface area (Å²) in [5, 5.41) is 0.588. The van der Waals surface area contributed by atoms with Gasteiger partial charge >= 0.3 is 0 Å². The van der Waals surface area contributed by atoms with E-state index >= 15 is 0 Å². The zero-order valence-corrected chi connectivity index (χ0v) is 20.3. The molecule has 0 fully saturated rings. The van der Waals surface area contributed by atoms with E-state index in [1.54, 1.807) is 38.4 Å². The van der Waals surface area contributed by atoms with Crippen molar-refractivity contribution in [1.82, 2.24) is 4.90 Å². The first-order valence-corrected chi connectivity index (χ1v) is 11.8. The molecule has 0 radical (unpaired) electrons. The summed E-state index contributed by atoms with van der Waals surface area (Å²) in [6, 6.07) is 19.4. The number of amides is 2. The Balaban J connectivity index is 1.58. The zero-order chi connectivity index (χ0) is 25.2. The average molecular weight is 501 g/mol. The fourth-order valence-electron chi connectivity index (χ4n) is 5.40. The Morgan fingerprint density at radius 1 is 1.00 bits per heavy atom. The lowest BCUT2D eigenvalue weighted by atomic mass is 9.84. The zero-order valence-electron chi connectivity index (χ0n) is 19.6. The number of para-hydroxylation sites is 1. The number of carbonyl (C=O) groups excluding carboxylic acids is 2. The van der Waals surface area contributed by atoms with Gasteiger partial charge < -0.3 is 19.0 Å². The van der Waals surface area contributed by atoms with E-state index < -0.39 is 16.9 Å². The molecule has 2 aliphatic heterocycles. The number of benzene rings is 3. The fraction of sp³-hybridized carbons (Fsp3) is 0.179. The molecule has 3 aromatic carbocycles. The Morgan fingerprint density at radius 2 is 1.75 bits per heavy atom. The highest BCUT2D eigenvalue weighted by molar-refractivity contribution is 6.31. The summed E-state index contributed by atoms with van der Waals surface area (Å²) in [6.07, 6.45) is 0.462. The Labute approximate surface area is 211 Å². The highest BCUT2D eigenvalue weighted by Gasteiger charge is 2.64. The van der Waals surface area contributed by atoms with Gasteiger partial charge in [-0.2, -0.15) is 0 Å². The largest absolute Gasteiger partial charge is 0.497 e. The molecule has 1 aromatic heterocycles. The molecule has 4 aromatic rings. The van der Waals surface area contributed by atoms with E-state index in [9.17, 15) is 14.4 Å². The van der Waals surface area contributed by atoms with Gasteiger partial charge in [-0.05, 0) is 48.4 Å². The molecule has 2 amide bonds.